The van der Waals surface area contributed by atoms with Crippen LogP contribution in [0, 0.1) is 0 Å². The number of amides is 1. The summed E-state index contributed by atoms with van der Waals surface area (Å²) >= 11 is 0. The number of carboxylic acids is 1. The summed E-state index contributed by atoms with van der Waals surface area (Å²) in [4.78, 5) is 25.2. The summed E-state index contributed by atoms with van der Waals surface area (Å²) in [5.74, 6) is -1.19. The molecule has 0 bridgehead atoms. The Morgan fingerprint density at radius 2 is 1.63 bits per heavy atom. The van der Waals surface area contributed by atoms with Crippen molar-refractivity contribution in [2.45, 2.75) is 30.9 Å². The number of ether oxygens (including phenoxy) is 1. The van der Waals surface area contributed by atoms with Crippen LogP contribution >= 0.6 is 0 Å². The van der Waals surface area contributed by atoms with Crippen molar-refractivity contribution < 1.29 is 24.5 Å². The average molecular weight is 367 g/mol. The number of piperidine rings is 1. The Labute approximate surface area is 157 Å². The molecule has 6 nitrogen and oxygen atoms in total. The van der Waals surface area contributed by atoms with E-state index in [4.69, 9.17) is 4.74 Å². The third kappa shape index (κ3) is 3.17. The lowest BCUT2D eigenvalue weighted by atomic mass is 9.98. The molecule has 27 heavy (non-hydrogen) atoms. The summed E-state index contributed by atoms with van der Waals surface area (Å²) in [6, 6.07) is 15.0. The van der Waals surface area contributed by atoms with Crippen molar-refractivity contribution in [1.82, 2.24) is 4.90 Å². The molecule has 1 saturated heterocycles. The molecule has 2 atom stereocenters. The van der Waals surface area contributed by atoms with E-state index in [1.807, 2.05) is 36.4 Å². The first kappa shape index (κ1) is 17.5. The summed E-state index contributed by atoms with van der Waals surface area (Å²) in [5, 5.41) is 19.1. The number of hydrogen-bond acceptors (Lipinski definition) is 4. The van der Waals surface area contributed by atoms with Crippen molar-refractivity contribution in [3.05, 3.63) is 59.7 Å². The van der Waals surface area contributed by atoms with E-state index in [1.165, 1.54) is 4.90 Å². The Balaban J connectivity index is 1.52. The van der Waals surface area contributed by atoms with Gasteiger partial charge in [0.15, 0.2) is 0 Å². The van der Waals surface area contributed by atoms with Gasteiger partial charge in [-0.2, -0.15) is 0 Å². The summed E-state index contributed by atoms with van der Waals surface area (Å²) < 4.78 is 5.54. The van der Waals surface area contributed by atoms with Crippen LogP contribution in [0.3, 0.4) is 0 Å². The van der Waals surface area contributed by atoms with E-state index in [9.17, 15) is 19.8 Å². The van der Waals surface area contributed by atoms with Crippen LogP contribution in [0.4, 0.5) is 4.79 Å². The molecule has 4 rings (SSSR count). The maximum absolute atomic E-state index is 12.6. The highest BCUT2D eigenvalue weighted by atomic mass is 16.6. The van der Waals surface area contributed by atoms with Crippen molar-refractivity contribution in [2.24, 2.45) is 0 Å². The molecular weight excluding hydrogens is 346 g/mol. The molecular formula is C21H21NO5. The number of nitrogens with zero attached hydrogens (tertiary/aromatic N) is 1. The topological polar surface area (TPSA) is 87.1 Å². The molecule has 1 fully saturated rings. The summed E-state index contributed by atoms with van der Waals surface area (Å²) in [7, 11) is 0. The summed E-state index contributed by atoms with van der Waals surface area (Å²) in [6.07, 6.45) is -0.965. The lowest BCUT2D eigenvalue weighted by molar-refractivity contribution is -0.145. The van der Waals surface area contributed by atoms with E-state index in [0.717, 1.165) is 22.3 Å². The zero-order chi connectivity index (χ0) is 19.0. The molecule has 1 aliphatic heterocycles. The number of carbonyl (C=O) groups excluding carboxylic acids is 1. The largest absolute Gasteiger partial charge is 0.480 e. The van der Waals surface area contributed by atoms with Crippen LogP contribution in [0.15, 0.2) is 48.5 Å². The van der Waals surface area contributed by atoms with E-state index in [1.54, 1.807) is 0 Å². The van der Waals surface area contributed by atoms with Crippen molar-refractivity contribution in [1.29, 1.82) is 0 Å². The Kier molecular flexibility index (Phi) is 4.58. The maximum Gasteiger partial charge on any atom is 0.410 e. The molecule has 1 heterocycles. The third-order valence-electron chi connectivity index (χ3n) is 5.43. The molecule has 2 aromatic rings. The second kappa shape index (κ2) is 7.04. The average Bonchev–Trinajstić information content (AvgIpc) is 3.00. The monoisotopic (exact) mass is 367 g/mol. The summed E-state index contributed by atoms with van der Waals surface area (Å²) in [6.45, 7) is 0.326. The Morgan fingerprint density at radius 3 is 2.22 bits per heavy atom. The van der Waals surface area contributed by atoms with Gasteiger partial charge in [0, 0.05) is 18.9 Å². The maximum atomic E-state index is 12.6. The quantitative estimate of drug-likeness (QED) is 0.871. The highest BCUT2D eigenvalue weighted by molar-refractivity contribution is 5.81. The summed E-state index contributed by atoms with van der Waals surface area (Å²) in [5.41, 5.74) is 4.49. The first-order valence-electron chi connectivity index (χ1n) is 9.08. The van der Waals surface area contributed by atoms with E-state index in [2.05, 4.69) is 12.1 Å². The second-order valence-electron chi connectivity index (χ2n) is 7.03. The fraction of sp³-hybridized carbons (Fsp3) is 0.333. The predicted octanol–water partition coefficient (Wildman–Crippen LogP) is 2.85. The number of likely N-dealkylation sites (tertiary alicyclic amines) is 1. The second-order valence-corrected chi connectivity index (χ2v) is 7.03. The normalized spacial score (nSPS) is 21.4. The van der Waals surface area contributed by atoms with Gasteiger partial charge < -0.3 is 14.9 Å². The van der Waals surface area contributed by atoms with Crippen LogP contribution in [-0.4, -0.2) is 52.5 Å². The van der Waals surface area contributed by atoms with Gasteiger partial charge in [0.25, 0.3) is 0 Å². The van der Waals surface area contributed by atoms with Crippen molar-refractivity contribution in [2.75, 3.05) is 13.2 Å². The molecule has 2 unspecified atom stereocenters. The number of carbonyl (C=O) groups is 2. The molecule has 0 aromatic heterocycles. The van der Waals surface area contributed by atoms with E-state index in [-0.39, 0.29) is 25.5 Å². The molecule has 0 saturated carbocycles. The number of aliphatic hydroxyl groups is 1. The van der Waals surface area contributed by atoms with Gasteiger partial charge in [0.1, 0.15) is 12.6 Å². The number of fused-ring (bicyclic) bond motifs is 3. The molecule has 2 N–H and O–H groups in total. The fourth-order valence-corrected chi connectivity index (χ4v) is 4.08. The van der Waals surface area contributed by atoms with Gasteiger partial charge in [-0.1, -0.05) is 48.5 Å². The van der Waals surface area contributed by atoms with Crippen LogP contribution in [0.25, 0.3) is 11.1 Å². The smallest absolute Gasteiger partial charge is 0.410 e. The molecule has 2 aromatic carbocycles. The van der Waals surface area contributed by atoms with Gasteiger partial charge in [-0.05, 0) is 28.7 Å². The molecule has 1 aliphatic carbocycles. The Hall–Kier alpha value is -2.86. The van der Waals surface area contributed by atoms with Crippen LogP contribution in [-0.2, 0) is 9.53 Å². The molecule has 6 heteroatoms. The van der Waals surface area contributed by atoms with Crippen LogP contribution < -0.4 is 0 Å². The molecule has 2 aliphatic rings. The zero-order valence-corrected chi connectivity index (χ0v) is 14.7. The van der Waals surface area contributed by atoms with Gasteiger partial charge in [-0.25, -0.2) is 9.59 Å². The minimum absolute atomic E-state index is 0.0273. The Morgan fingerprint density at radius 1 is 1.04 bits per heavy atom. The molecule has 140 valence electrons. The van der Waals surface area contributed by atoms with Crippen LogP contribution in [0.5, 0.6) is 0 Å². The van der Waals surface area contributed by atoms with E-state index >= 15 is 0 Å². The number of carboxylic acid groups (broad SMARTS) is 1. The van der Waals surface area contributed by atoms with Crippen molar-refractivity contribution >= 4 is 12.1 Å². The number of benzene rings is 2. The fourth-order valence-electron chi connectivity index (χ4n) is 4.08. The highest BCUT2D eigenvalue weighted by Gasteiger charge is 2.37. The first-order chi connectivity index (χ1) is 13.1. The molecule has 0 radical (unpaired) electrons. The molecule has 1 amide bonds. The van der Waals surface area contributed by atoms with Gasteiger partial charge in [0.2, 0.25) is 0 Å². The van der Waals surface area contributed by atoms with Gasteiger partial charge in [-0.15, -0.1) is 0 Å². The minimum atomic E-state index is -1.12. The Bertz CT molecular complexity index is 835. The van der Waals surface area contributed by atoms with Crippen LogP contribution in [0.1, 0.15) is 29.9 Å². The number of aliphatic hydroxyl groups excluding tert-OH is 1. The van der Waals surface area contributed by atoms with Gasteiger partial charge in [-0.3, -0.25) is 4.90 Å². The number of aliphatic carboxylic acids is 1. The minimum Gasteiger partial charge on any atom is -0.480 e. The third-order valence-corrected chi connectivity index (χ3v) is 5.43. The number of hydrogen-bond donors (Lipinski definition) is 2. The molecule has 0 spiro atoms. The van der Waals surface area contributed by atoms with E-state index in [0.29, 0.717) is 6.42 Å². The highest BCUT2D eigenvalue weighted by Crippen LogP contribution is 2.44. The first-order valence-corrected chi connectivity index (χ1v) is 9.08. The standard InChI is InChI=1S/C21H21NO5/c23-13-9-10-22(19(11-13)20(24)25)21(26)27-12-18-16-7-3-1-5-14(16)15-6-2-4-8-17(15)18/h1-8,13,18-19,23H,9-12H2,(H,24,25). The SMILES string of the molecule is O=C(O)C1CC(O)CCN1C(=O)OCC1c2ccccc2-c2ccccc21. The number of rotatable bonds is 3. The lowest BCUT2D eigenvalue weighted by Crippen LogP contribution is -2.51. The predicted molar refractivity (Wildman–Crippen MR) is 98.4 cm³/mol. The van der Waals surface area contributed by atoms with Crippen molar-refractivity contribution in [3.63, 3.8) is 0 Å². The zero-order valence-electron chi connectivity index (χ0n) is 14.7. The van der Waals surface area contributed by atoms with Gasteiger partial charge in [0.05, 0.1) is 6.10 Å². The van der Waals surface area contributed by atoms with Gasteiger partial charge >= 0.3 is 12.1 Å². The van der Waals surface area contributed by atoms with Crippen molar-refractivity contribution in [3.8, 4) is 11.1 Å². The van der Waals surface area contributed by atoms with Crippen LogP contribution in [0.2, 0.25) is 0 Å². The van der Waals surface area contributed by atoms with E-state index < -0.39 is 24.2 Å². The lowest BCUT2D eigenvalue weighted by Gasteiger charge is -2.34.